The third-order valence-corrected chi connectivity index (χ3v) is 3.23. The van der Waals surface area contributed by atoms with Gasteiger partial charge in [-0.2, -0.15) is 5.21 Å². The van der Waals surface area contributed by atoms with E-state index in [1.807, 2.05) is 19.1 Å². The van der Waals surface area contributed by atoms with Crippen molar-refractivity contribution in [1.82, 2.24) is 25.9 Å². The van der Waals surface area contributed by atoms with Gasteiger partial charge in [-0.15, -0.1) is 21.5 Å². The molecule has 2 heterocycles. The minimum Gasteiger partial charge on any atom is -0.343 e. The summed E-state index contributed by atoms with van der Waals surface area (Å²) in [4.78, 5) is 13.9. The number of carbonyl (C=O) groups is 1. The lowest BCUT2D eigenvalue weighted by Gasteiger charge is -2.06. The van der Waals surface area contributed by atoms with Gasteiger partial charge in [0, 0.05) is 15.8 Å². The van der Waals surface area contributed by atoms with Crippen LogP contribution in [0.25, 0.3) is 6.08 Å². The number of aromatic amines is 1. The Morgan fingerprint density at radius 1 is 1.56 bits per heavy atom. The number of nitrogens with one attached hydrogen (secondary N) is 2. The van der Waals surface area contributed by atoms with Crippen molar-refractivity contribution in [2.75, 3.05) is 0 Å². The minimum atomic E-state index is -0.272. The Balaban J connectivity index is 1.91. The van der Waals surface area contributed by atoms with Gasteiger partial charge in [-0.25, -0.2) is 0 Å². The van der Waals surface area contributed by atoms with E-state index < -0.39 is 0 Å². The van der Waals surface area contributed by atoms with Crippen LogP contribution in [0.3, 0.4) is 0 Å². The maximum absolute atomic E-state index is 11.6. The molecule has 2 aromatic heterocycles. The number of tetrazole rings is 1. The van der Waals surface area contributed by atoms with Gasteiger partial charge in [0.05, 0.1) is 6.04 Å². The standard InChI is InChI=1S/C11H13N5OS/c1-7-3-4-9(18-7)5-6-10(17)12-8(2)11-13-15-16-14-11/h3-6,8H,1-2H3,(H,12,17)(H,13,14,15,16). The van der Waals surface area contributed by atoms with Crippen LogP contribution >= 0.6 is 11.3 Å². The van der Waals surface area contributed by atoms with Crippen LogP contribution in [0.4, 0.5) is 0 Å². The fraction of sp³-hybridized carbons (Fsp3) is 0.273. The summed E-state index contributed by atoms with van der Waals surface area (Å²) in [7, 11) is 0. The highest BCUT2D eigenvalue weighted by atomic mass is 32.1. The van der Waals surface area contributed by atoms with Gasteiger partial charge in [-0.3, -0.25) is 4.79 Å². The molecule has 6 nitrogen and oxygen atoms in total. The summed E-state index contributed by atoms with van der Waals surface area (Å²) < 4.78 is 0. The number of carbonyl (C=O) groups excluding carboxylic acids is 1. The molecule has 0 aliphatic heterocycles. The Kier molecular flexibility index (Phi) is 3.83. The summed E-state index contributed by atoms with van der Waals surface area (Å²) >= 11 is 1.64. The van der Waals surface area contributed by atoms with Crippen molar-refractivity contribution in [3.05, 3.63) is 33.8 Å². The van der Waals surface area contributed by atoms with Crippen molar-refractivity contribution in [2.45, 2.75) is 19.9 Å². The Bertz CT molecular complexity index is 546. The van der Waals surface area contributed by atoms with Gasteiger partial charge in [0.15, 0.2) is 5.82 Å². The van der Waals surface area contributed by atoms with Gasteiger partial charge in [0.2, 0.25) is 5.91 Å². The number of hydrogen-bond acceptors (Lipinski definition) is 5. The van der Waals surface area contributed by atoms with E-state index in [0.29, 0.717) is 5.82 Å². The molecule has 2 aromatic rings. The molecule has 1 unspecified atom stereocenters. The lowest BCUT2D eigenvalue weighted by Crippen LogP contribution is -2.25. The van der Waals surface area contributed by atoms with Crippen molar-refractivity contribution < 1.29 is 4.79 Å². The van der Waals surface area contributed by atoms with Crippen LogP contribution in [-0.4, -0.2) is 26.5 Å². The molecule has 0 bridgehead atoms. The molecule has 0 saturated heterocycles. The SMILES string of the molecule is Cc1ccc(C=CC(=O)NC(C)c2nn[nH]n2)s1. The fourth-order valence-corrected chi connectivity index (χ4v) is 2.16. The summed E-state index contributed by atoms with van der Waals surface area (Å²) in [6.45, 7) is 3.83. The number of amides is 1. The van der Waals surface area contributed by atoms with Crippen molar-refractivity contribution in [3.63, 3.8) is 0 Å². The van der Waals surface area contributed by atoms with E-state index in [-0.39, 0.29) is 11.9 Å². The minimum absolute atomic E-state index is 0.182. The molecule has 0 aliphatic carbocycles. The zero-order chi connectivity index (χ0) is 13.0. The van der Waals surface area contributed by atoms with E-state index in [2.05, 4.69) is 25.9 Å². The van der Waals surface area contributed by atoms with Gasteiger partial charge < -0.3 is 5.32 Å². The first-order valence-electron chi connectivity index (χ1n) is 5.43. The second-order valence-corrected chi connectivity index (χ2v) is 5.10. The van der Waals surface area contributed by atoms with Gasteiger partial charge in [0.25, 0.3) is 0 Å². The summed E-state index contributed by atoms with van der Waals surface area (Å²) in [6, 6.07) is 3.72. The van der Waals surface area contributed by atoms with Crippen LogP contribution in [0.2, 0.25) is 0 Å². The summed E-state index contributed by atoms with van der Waals surface area (Å²) in [6.07, 6.45) is 3.29. The van der Waals surface area contributed by atoms with E-state index in [4.69, 9.17) is 0 Å². The Morgan fingerprint density at radius 2 is 2.39 bits per heavy atom. The maximum Gasteiger partial charge on any atom is 0.244 e. The molecule has 0 aromatic carbocycles. The smallest absolute Gasteiger partial charge is 0.244 e. The van der Waals surface area contributed by atoms with Gasteiger partial charge >= 0.3 is 0 Å². The summed E-state index contributed by atoms with van der Waals surface area (Å²) in [5.74, 6) is 0.280. The van der Waals surface area contributed by atoms with E-state index in [1.165, 1.54) is 11.0 Å². The van der Waals surface area contributed by atoms with E-state index in [9.17, 15) is 4.79 Å². The monoisotopic (exact) mass is 263 g/mol. The average molecular weight is 263 g/mol. The van der Waals surface area contributed by atoms with E-state index in [0.717, 1.165) is 4.88 Å². The highest BCUT2D eigenvalue weighted by Gasteiger charge is 2.11. The van der Waals surface area contributed by atoms with Gasteiger partial charge in [-0.1, -0.05) is 5.21 Å². The highest BCUT2D eigenvalue weighted by molar-refractivity contribution is 7.12. The molecule has 1 atom stereocenters. The molecule has 0 aliphatic rings. The van der Waals surface area contributed by atoms with Crippen LogP contribution in [0.5, 0.6) is 0 Å². The number of thiophene rings is 1. The molecule has 0 fully saturated rings. The summed E-state index contributed by atoms with van der Waals surface area (Å²) in [5, 5.41) is 16.2. The van der Waals surface area contributed by atoms with Gasteiger partial charge in [-0.05, 0) is 32.1 Å². The lowest BCUT2D eigenvalue weighted by atomic mass is 10.3. The lowest BCUT2D eigenvalue weighted by molar-refractivity contribution is -0.117. The zero-order valence-corrected chi connectivity index (χ0v) is 10.9. The molecule has 94 valence electrons. The largest absolute Gasteiger partial charge is 0.343 e. The van der Waals surface area contributed by atoms with Crippen LogP contribution in [0.15, 0.2) is 18.2 Å². The number of hydrogen-bond donors (Lipinski definition) is 2. The van der Waals surface area contributed by atoms with Crippen molar-refractivity contribution in [1.29, 1.82) is 0 Å². The van der Waals surface area contributed by atoms with Crippen LogP contribution in [-0.2, 0) is 4.79 Å². The normalized spacial score (nSPS) is 12.8. The van der Waals surface area contributed by atoms with Crippen molar-refractivity contribution in [3.8, 4) is 0 Å². The van der Waals surface area contributed by atoms with Crippen LogP contribution < -0.4 is 5.32 Å². The number of nitrogens with zero attached hydrogens (tertiary/aromatic N) is 3. The number of rotatable bonds is 4. The first kappa shape index (κ1) is 12.4. The molecule has 2 rings (SSSR count). The second-order valence-electron chi connectivity index (χ2n) is 3.78. The predicted octanol–water partition coefficient (Wildman–Crippen LogP) is 1.46. The molecule has 0 radical (unpaired) electrons. The van der Waals surface area contributed by atoms with E-state index in [1.54, 1.807) is 24.3 Å². The quantitative estimate of drug-likeness (QED) is 0.818. The second kappa shape index (κ2) is 5.54. The first-order valence-corrected chi connectivity index (χ1v) is 6.25. The Morgan fingerprint density at radius 3 is 3.00 bits per heavy atom. The number of aryl methyl sites for hydroxylation is 1. The number of H-pyrrole nitrogens is 1. The first-order chi connectivity index (χ1) is 8.65. The van der Waals surface area contributed by atoms with Crippen LogP contribution in [0, 0.1) is 6.92 Å². The van der Waals surface area contributed by atoms with Crippen molar-refractivity contribution >= 4 is 23.3 Å². The average Bonchev–Trinajstić information content (AvgIpc) is 2.97. The molecule has 7 heteroatoms. The third kappa shape index (κ3) is 3.24. The molecule has 0 spiro atoms. The fourth-order valence-electron chi connectivity index (χ4n) is 1.38. The molecule has 1 amide bonds. The predicted molar refractivity (Wildman–Crippen MR) is 68.8 cm³/mol. The Hall–Kier alpha value is -2.02. The van der Waals surface area contributed by atoms with Crippen molar-refractivity contribution in [2.24, 2.45) is 0 Å². The Labute approximate surface area is 108 Å². The summed E-state index contributed by atoms with van der Waals surface area (Å²) in [5.41, 5.74) is 0. The maximum atomic E-state index is 11.6. The topological polar surface area (TPSA) is 83.6 Å². The van der Waals surface area contributed by atoms with E-state index >= 15 is 0 Å². The molecule has 18 heavy (non-hydrogen) atoms. The molecule has 2 N–H and O–H groups in total. The molecular weight excluding hydrogens is 250 g/mol. The third-order valence-electron chi connectivity index (χ3n) is 2.27. The molecular formula is C11H13N5OS. The van der Waals surface area contributed by atoms with Gasteiger partial charge in [0.1, 0.15) is 0 Å². The molecule has 0 saturated carbocycles. The van der Waals surface area contributed by atoms with Crippen LogP contribution in [0.1, 0.15) is 28.5 Å². The highest BCUT2D eigenvalue weighted by Crippen LogP contribution is 2.16. The number of aromatic nitrogens is 4. The zero-order valence-electron chi connectivity index (χ0n) is 10.0.